The molecule has 0 saturated carbocycles. The van der Waals surface area contributed by atoms with Crippen LogP contribution in [0.4, 0.5) is 0 Å². The number of rotatable bonds is 3. The number of Topliss-reactive ketones (excluding diaryl/α,β-unsaturated/α-hetero) is 1. The number of aromatic nitrogens is 1. The van der Waals surface area contributed by atoms with E-state index in [0.717, 1.165) is 5.69 Å². The van der Waals surface area contributed by atoms with Crippen LogP contribution in [-0.2, 0) is 6.54 Å². The van der Waals surface area contributed by atoms with Crippen molar-refractivity contribution in [3.63, 3.8) is 0 Å². The summed E-state index contributed by atoms with van der Waals surface area (Å²) in [6.45, 7) is 3.78. The van der Waals surface area contributed by atoms with Gasteiger partial charge in [-0.25, -0.2) is 0 Å². The van der Waals surface area contributed by atoms with E-state index in [2.05, 4.69) is 0 Å². The number of hydrogen-bond acceptors (Lipinski definition) is 3. The monoisotopic (exact) mass is 230 g/mol. The summed E-state index contributed by atoms with van der Waals surface area (Å²) in [5.74, 6) is 0.656. The van der Waals surface area contributed by atoms with E-state index in [1.807, 2.05) is 25.1 Å². The summed E-state index contributed by atoms with van der Waals surface area (Å²) in [6.07, 6.45) is 0. The van der Waals surface area contributed by atoms with E-state index in [4.69, 9.17) is 9.83 Å². The summed E-state index contributed by atoms with van der Waals surface area (Å²) in [5.41, 5.74) is 1.49. The zero-order valence-corrected chi connectivity index (χ0v) is 9.86. The fraction of sp³-hybridized carbons (Fsp3) is 0.231. The number of benzene rings is 1. The zero-order chi connectivity index (χ0) is 12.4. The summed E-state index contributed by atoms with van der Waals surface area (Å²) in [7, 11) is 0. The van der Waals surface area contributed by atoms with E-state index in [1.54, 1.807) is 23.6 Å². The first-order valence-corrected chi connectivity index (χ1v) is 5.39. The molecule has 0 aliphatic heterocycles. The average molecular weight is 230 g/mol. The number of oxazole rings is 1. The minimum atomic E-state index is -0.0204. The lowest BCUT2D eigenvalue weighted by Gasteiger charge is -2.03. The second-order valence-electron chi connectivity index (χ2n) is 3.92. The fourth-order valence-corrected chi connectivity index (χ4v) is 1.67. The first-order valence-electron chi connectivity index (χ1n) is 5.39. The van der Waals surface area contributed by atoms with Gasteiger partial charge in [-0.3, -0.25) is 14.8 Å². The Kier molecular flexibility index (Phi) is 2.95. The van der Waals surface area contributed by atoms with E-state index in [1.165, 1.54) is 0 Å². The van der Waals surface area contributed by atoms with Crippen LogP contribution in [0.1, 0.15) is 21.8 Å². The summed E-state index contributed by atoms with van der Waals surface area (Å²) < 4.78 is 6.73. The predicted molar refractivity (Wildman–Crippen MR) is 62.8 cm³/mol. The summed E-state index contributed by atoms with van der Waals surface area (Å²) in [5, 5.41) is 7.63. The molecule has 4 nitrogen and oxygen atoms in total. The number of aryl methyl sites for hydroxylation is 1. The Balaban J connectivity index is 2.28. The van der Waals surface area contributed by atoms with Crippen LogP contribution in [0, 0.1) is 19.3 Å². The molecule has 0 fully saturated rings. The van der Waals surface area contributed by atoms with Crippen molar-refractivity contribution >= 4 is 5.78 Å². The number of carbonyl (C=O) groups excluding carboxylic acids is 1. The maximum atomic E-state index is 12.0. The standard InChI is InChI=1S/C13H14N2O2/c1-9-10(2)17-13(14)15(9)8-12(16)11-6-4-3-5-7-11/h3-7,14H,8H2,1-2H3. The van der Waals surface area contributed by atoms with E-state index in [9.17, 15) is 4.79 Å². The molecule has 0 aliphatic rings. The van der Waals surface area contributed by atoms with Gasteiger partial charge in [-0.15, -0.1) is 0 Å². The number of nitrogens with zero attached hydrogens (tertiary/aromatic N) is 1. The molecule has 0 unspecified atom stereocenters. The van der Waals surface area contributed by atoms with E-state index in [-0.39, 0.29) is 18.0 Å². The Bertz CT molecular complexity index is 594. The molecule has 0 atom stereocenters. The van der Waals surface area contributed by atoms with Crippen LogP contribution in [0.2, 0.25) is 0 Å². The SMILES string of the molecule is Cc1oc(=N)n(CC(=O)c2ccccc2)c1C. The molecule has 1 aromatic heterocycles. The van der Waals surface area contributed by atoms with Crippen LogP contribution >= 0.6 is 0 Å². The van der Waals surface area contributed by atoms with Crippen molar-refractivity contribution in [2.45, 2.75) is 20.4 Å². The highest BCUT2D eigenvalue weighted by molar-refractivity contribution is 5.95. The van der Waals surface area contributed by atoms with Crippen molar-refractivity contribution < 1.29 is 9.21 Å². The lowest BCUT2D eigenvalue weighted by molar-refractivity contribution is 0.0967. The fourth-order valence-electron chi connectivity index (χ4n) is 1.67. The Hall–Kier alpha value is -2.10. The maximum absolute atomic E-state index is 12.0. The van der Waals surface area contributed by atoms with E-state index < -0.39 is 0 Å². The molecule has 4 heteroatoms. The number of carbonyl (C=O) groups is 1. The molecule has 1 heterocycles. The van der Waals surface area contributed by atoms with Gasteiger partial charge in [-0.2, -0.15) is 0 Å². The topological polar surface area (TPSA) is 59.0 Å². The quantitative estimate of drug-likeness (QED) is 0.820. The van der Waals surface area contributed by atoms with Gasteiger partial charge < -0.3 is 4.42 Å². The molecule has 0 radical (unpaired) electrons. The number of nitrogens with one attached hydrogen (secondary N) is 1. The minimum absolute atomic E-state index is 0.0179. The molecule has 0 spiro atoms. The molecule has 1 N–H and O–H groups in total. The Morgan fingerprint density at radius 3 is 2.47 bits per heavy atom. The van der Waals surface area contributed by atoms with Gasteiger partial charge in [0.1, 0.15) is 5.76 Å². The molecule has 0 aliphatic carbocycles. The molecule has 0 saturated heterocycles. The van der Waals surface area contributed by atoms with Gasteiger partial charge in [0.25, 0.3) is 5.68 Å². The van der Waals surface area contributed by atoms with Gasteiger partial charge >= 0.3 is 0 Å². The predicted octanol–water partition coefficient (Wildman–Crippen LogP) is 2.06. The smallest absolute Gasteiger partial charge is 0.294 e. The highest BCUT2D eigenvalue weighted by atomic mass is 16.4. The van der Waals surface area contributed by atoms with E-state index >= 15 is 0 Å². The highest BCUT2D eigenvalue weighted by Gasteiger charge is 2.12. The first-order chi connectivity index (χ1) is 8.09. The van der Waals surface area contributed by atoms with Gasteiger partial charge in [0.15, 0.2) is 5.78 Å². The average Bonchev–Trinajstić information content (AvgIpc) is 2.57. The first kappa shape index (κ1) is 11.4. The molecule has 88 valence electrons. The van der Waals surface area contributed by atoms with Gasteiger partial charge in [0, 0.05) is 5.56 Å². The number of hydrogen-bond donors (Lipinski definition) is 1. The zero-order valence-electron chi connectivity index (χ0n) is 9.86. The van der Waals surface area contributed by atoms with Gasteiger partial charge in [0.2, 0.25) is 0 Å². The van der Waals surface area contributed by atoms with Crippen LogP contribution < -0.4 is 5.68 Å². The van der Waals surface area contributed by atoms with Gasteiger partial charge in [-0.05, 0) is 13.8 Å². The Morgan fingerprint density at radius 2 is 1.94 bits per heavy atom. The van der Waals surface area contributed by atoms with Crippen LogP contribution in [0.15, 0.2) is 34.7 Å². The lowest BCUT2D eigenvalue weighted by atomic mass is 10.1. The van der Waals surface area contributed by atoms with Crippen LogP contribution in [0.5, 0.6) is 0 Å². The molecule has 0 bridgehead atoms. The molecule has 0 amide bonds. The number of ketones is 1. The van der Waals surface area contributed by atoms with E-state index in [0.29, 0.717) is 11.3 Å². The maximum Gasteiger partial charge on any atom is 0.294 e. The highest BCUT2D eigenvalue weighted by Crippen LogP contribution is 2.06. The van der Waals surface area contributed by atoms with Crippen molar-refractivity contribution in [3.05, 3.63) is 53.0 Å². The van der Waals surface area contributed by atoms with Crippen molar-refractivity contribution in [3.8, 4) is 0 Å². The second-order valence-corrected chi connectivity index (χ2v) is 3.92. The van der Waals surface area contributed by atoms with Crippen molar-refractivity contribution in [2.75, 3.05) is 0 Å². The molecule has 1 aromatic carbocycles. The normalized spacial score (nSPS) is 10.5. The summed E-state index contributed by atoms with van der Waals surface area (Å²) in [4.78, 5) is 12.0. The third-order valence-electron chi connectivity index (χ3n) is 2.81. The van der Waals surface area contributed by atoms with Gasteiger partial charge in [-0.1, -0.05) is 30.3 Å². The van der Waals surface area contributed by atoms with Crippen LogP contribution in [-0.4, -0.2) is 10.4 Å². The van der Waals surface area contributed by atoms with Crippen molar-refractivity contribution in [1.29, 1.82) is 5.41 Å². The molecular formula is C13H14N2O2. The van der Waals surface area contributed by atoms with Crippen molar-refractivity contribution in [1.82, 2.24) is 4.57 Å². The van der Waals surface area contributed by atoms with Crippen LogP contribution in [0.3, 0.4) is 0 Å². The molecule has 2 aromatic rings. The largest absolute Gasteiger partial charge is 0.429 e. The van der Waals surface area contributed by atoms with Gasteiger partial charge in [0.05, 0.1) is 12.2 Å². The summed E-state index contributed by atoms with van der Waals surface area (Å²) >= 11 is 0. The van der Waals surface area contributed by atoms with Crippen molar-refractivity contribution in [2.24, 2.45) is 0 Å². The molecular weight excluding hydrogens is 216 g/mol. The third-order valence-corrected chi connectivity index (χ3v) is 2.81. The lowest BCUT2D eigenvalue weighted by Crippen LogP contribution is -2.21. The molecule has 17 heavy (non-hydrogen) atoms. The Labute approximate surface area is 99.0 Å². The minimum Gasteiger partial charge on any atom is -0.429 e. The third kappa shape index (κ3) is 2.20. The van der Waals surface area contributed by atoms with Crippen LogP contribution in [0.25, 0.3) is 0 Å². The Morgan fingerprint density at radius 1 is 1.29 bits per heavy atom. The molecule has 2 rings (SSSR count). The second kappa shape index (κ2) is 4.41. The summed E-state index contributed by atoms with van der Waals surface area (Å²) in [6, 6.07) is 9.07.